The van der Waals surface area contributed by atoms with Gasteiger partial charge in [-0.2, -0.15) is 5.10 Å². The number of rotatable bonds is 4. The molecule has 1 aliphatic carbocycles. The van der Waals surface area contributed by atoms with Crippen molar-refractivity contribution in [3.8, 4) is 0 Å². The summed E-state index contributed by atoms with van der Waals surface area (Å²) >= 11 is 0. The van der Waals surface area contributed by atoms with Gasteiger partial charge < -0.3 is 0 Å². The number of aryl methyl sites for hydroxylation is 1. The summed E-state index contributed by atoms with van der Waals surface area (Å²) in [5, 5.41) is 4.39. The SMILES string of the molecule is Cn1ccc(CC(NN)C2CCCC2)n1. The molecule has 4 nitrogen and oxygen atoms in total. The molecular weight excluding hydrogens is 188 g/mol. The molecule has 3 N–H and O–H groups in total. The highest BCUT2D eigenvalue weighted by molar-refractivity contribution is 5.02. The highest BCUT2D eigenvalue weighted by atomic mass is 15.3. The van der Waals surface area contributed by atoms with Gasteiger partial charge in [0.2, 0.25) is 0 Å². The fourth-order valence-corrected chi connectivity index (χ4v) is 2.52. The van der Waals surface area contributed by atoms with Gasteiger partial charge in [0.05, 0.1) is 5.69 Å². The molecule has 1 atom stereocenters. The van der Waals surface area contributed by atoms with E-state index in [0.717, 1.165) is 18.0 Å². The van der Waals surface area contributed by atoms with E-state index in [-0.39, 0.29) is 0 Å². The highest BCUT2D eigenvalue weighted by Crippen LogP contribution is 2.28. The maximum atomic E-state index is 5.62. The van der Waals surface area contributed by atoms with E-state index in [2.05, 4.69) is 16.6 Å². The van der Waals surface area contributed by atoms with Gasteiger partial charge in [0, 0.05) is 25.7 Å². The quantitative estimate of drug-likeness (QED) is 0.573. The van der Waals surface area contributed by atoms with Gasteiger partial charge in [0.1, 0.15) is 0 Å². The van der Waals surface area contributed by atoms with Gasteiger partial charge in [0.25, 0.3) is 0 Å². The zero-order valence-corrected chi connectivity index (χ0v) is 9.32. The Kier molecular flexibility index (Phi) is 3.38. The maximum absolute atomic E-state index is 5.62. The minimum atomic E-state index is 0.391. The summed E-state index contributed by atoms with van der Waals surface area (Å²) in [5.41, 5.74) is 4.08. The first-order chi connectivity index (χ1) is 7.29. The highest BCUT2D eigenvalue weighted by Gasteiger charge is 2.24. The first kappa shape index (κ1) is 10.6. The van der Waals surface area contributed by atoms with Crippen molar-refractivity contribution in [3.05, 3.63) is 18.0 Å². The Hall–Kier alpha value is -0.870. The Labute approximate surface area is 90.8 Å². The third-order valence-electron chi connectivity index (χ3n) is 3.38. The topological polar surface area (TPSA) is 55.9 Å². The Morgan fingerprint density at radius 3 is 2.87 bits per heavy atom. The number of hydrazine groups is 1. The van der Waals surface area contributed by atoms with Crippen molar-refractivity contribution in [2.75, 3.05) is 0 Å². The predicted octanol–water partition coefficient (Wildman–Crippen LogP) is 0.985. The van der Waals surface area contributed by atoms with E-state index in [1.54, 1.807) is 0 Å². The standard InChI is InChI=1S/C11H20N4/c1-15-7-6-10(14-15)8-11(13-12)9-4-2-3-5-9/h6-7,9,11,13H,2-5,8,12H2,1H3. The van der Waals surface area contributed by atoms with Crippen LogP contribution in [0, 0.1) is 5.92 Å². The van der Waals surface area contributed by atoms with Crippen LogP contribution in [0.4, 0.5) is 0 Å². The zero-order chi connectivity index (χ0) is 10.7. The van der Waals surface area contributed by atoms with Crippen LogP contribution >= 0.6 is 0 Å². The molecule has 0 radical (unpaired) electrons. The monoisotopic (exact) mass is 208 g/mol. The molecule has 1 saturated carbocycles. The van der Waals surface area contributed by atoms with Gasteiger partial charge >= 0.3 is 0 Å². The number of nitrogens with two attached hydrogens (primary N) is 1. The zero-order valence-electron chi connectivity index (χ0n) is 9.32. The normalized spacial score (nSPS) is 19.6. The van der Waals surface area contributed by atoms with Crippen molar-refractivity contribution >= 4 is 0 Å². The van der Waals surface area contributed by atoms with Gasteiger partial charge in [-0.25, -0.2) is 0 Å². The Morgan fingerprint density at radius 1 is 1.60 bits per heavy atom. The van der Waals surface area contributed by atoms with E-state index < -0.39 is 0 Å². The Bertz CT molecular complexity index is 301. The van der Waals surface area contributed by atoms with E-state index >= 15 is 0 Å². The number of nitrogens with zero attached hydrogens (tertiary/aromatic N) is 2. The van der Waals surface area contributed by atoms with Gasteiger partial charge in [-0.15, -0.1) is 0 Å². The summed E-state index contributed by atoms with van der Waals surface area (Å²) in [6.07, 6.45) is 8.25. The number of aromatic nitrogens is 2. The fourth-order valence-electron chi connectivity index (χ4n) is 2.52. The van der Waals surface area contributed by atoms with Crippen molar-refractivity contribution in [1.82, 2.24) is 15.2 Å². The average molecular weight is 208 g/mol. The summed E-state index contributed by atoms with van der Waals surface area (Å²) in [7, 11) is 1.95. The van der Waals surface area contributed by atoms with Crippen LogP contribution in [0.25, 0.3) is 0 Å². The van der Waals surface area contributed by atoms with Gasteiger partial charge in [0.15, 0.2) is 0 Å². The van der Waals surface area contributed by atoms with Crippen LogP contribution in [0.1, 0.15) is 31.4 Å². The molecule has 4 heteroatoms. The van der Waals surface area contributed by atoms with Crippen LogP contribution in [0.15, 0.2) is 12.3 Å². The first-order valence-electron chi connectivity index (χ1n) is 5.74. The van der Waals surface area contributed by atoms with E-state index in [1.807, 2.05) is 17.9 Å². The lowest BCUT2D eigenvalue weighted by molar-refractivity contribution is 0.358. The molecule has 0 aromatic carbocycles. The summed E-state index contributed by atoms with van der Waals surface area (Å²) in [4.78, 5) is 0. The molecule has 0 bridgehead atoms. The molecule has 2 rings (SSSR count). The molecule has 1 unspecified atom stereocenters. The summed E-state index contributed by atoms with van der Waals surface area (Å²) < 4.78 is 1.84. The average Bonchev–Trinajstić information content (AvgIpc) is 2.85. The number of hydrogen-bond donors (Lipinski definition) is 2. The van der Waals surface area contributed by atoms with E-state index in [4.69, 9.17) is 5.84 Å². The van der Waals surface area contributed by atoms with Gasteiger partial charge in [-0.1, -0.05) is 12.8 Å². The minimum Gasteiger partial charge on any atom is -0.276 e. The summed E-state index contributed by atoms with van der Waals surface area (Å²) in [6.45, 7) is 0. The van der Waals surface area contributed by atoms with E-state index in [0.29, 0.717) is 6.04 Å². The van der Waals surface area contributed by atoms with E-state index in [9.17, 15) is 0 Å². The van der Waals surface area contributed by atoms with Crippen molar-refractivity contribution in [2.24, 2.45) is 18.8 Å². The van der Waals surface area contributed by atoms with Crippen molar-refractivity contribution in [1.29, 1.82) is 0 Å². The van der Waals surface area contributed by atoms with Crippen LogP contribution in [0.3, 0.4) is 0 Å². The summed E-state index contributed by atoms with van der Waals surface area (Å²) in [5.74, 6) is 6.36. The molecule has 84 valence electrons. The number of nitrogens with one attached hydrogen (secondary N) is 1. The fraction of sp³-hybridized carbons (Fsp3) is 0.727. The second-order valence-corrected chi connectivity index (χ2v) is 4.50. The molecule has 1 aromatic rings. The third kappa shape index (κ3) is 2.58. The molecule has 0 spiro atoms. The van der Waals surface area contributed by atoms with Crippen molar-refractivity contribution in [2.45, 2.75) is 38.1 Å². The van der Waals surface area contributed by atoms with Crippen LogP contribution in [0.2, 0.25) is 0 Å². The van der Waals surface area contributed by atoms with Crippen LogP contribution in [-0.4, -0.2) is 15.8 Å². The molecule has 1 aliphatic rings. The third-order valence-corrected chi connectivity index (χ3v) is 3.38. The molecule has 1 aromatic heterocycles. The minimum absolute atomic E-state index is 0.391. The van der Waals surface area contributed by atoms with Crippen molar-refractivity contribution in [3.63, 3.8) is 0 Å². The molecule has 0 aliphatic heterocycles. The molecular formula is C11H20N4. The van der Waals surface area contributed by atoms with Crippen molar-refractivity contribution < 1.29 is 0 Å². The van der Waals surface area contributed by atoms with Gasteiger partial charge in [-0.3, -0.25) is 16.0 Å². The molecule has 0 saturated heterocycles. The molecule has 15 heavy (non-hydrogen) atoms. The van der Waals surface area contributed by atoms with Gasteiger partial charge in [-0.05, 0) is 24.8 Å². The summed E-state index contributed by atoms with van der Waals surface area (Å²) in [6, 6.07) is 2.46. The lowest BCUT2D eigenvalue weighted by atomic mass is 9.95. The molecule has 1 heterocycles. The van der Waals surface area contributed by atoms with Crippen LogP contribution in [-0.2, 0) is 13.5 Å². The maximum Gasteiger partial charge on any atom is 0.0640 e. The van der Waals surface area contributed by atoms with E-state index in [1.165, 1.54) is 25.7 Å². The van der Waals surface area contributed by atoms with Crippen LogP contribution < -0.4 is 11.3 Å². The Balaban J connectivity index is 1.95. The number of hydrogen-bond acceptors (Lipinski definition) is 3. The first-order valence-corrected chi connectivity index (χ1v) is 5.74. The lowest BCUT2D eigenvalue weighted by Crippen LogP contribution is -2.41. The van der Waals surface area contributed by atoms with Crippen LogP contribution in [0.5, 0.6) is 0 Å². The Morgan fingerprint density at radius 2 is 2.33 bits per heavy atom. The smallest absolute Gasteiger partial charge is 0.0640 e. The molecule has 0 amide bonds. The molecule has 1 fully saturated rings. The second kappa shape index (κ2) is 4.77. The lowest BCUT2D eigenvalue weighted by Gasteiger charge is -2.21. The largest absolute Gasteiger partial charge is 0.276 e. The second-order valence-electron chi connectivity index (χ2n) is 4.50. The predicted molar refractivity (Wildman–Crippen MR) is 60.0 cm³/mol.